The minimum Gasteiger partial charge on any atom is -0.229 e. The number of sulfone groups is 1. The van der Waals surface area contributed by atoms with Crippen LogP contribution in [0, 0.1) is 5.41 Å². The fourth-order valence-electron chi connectivity index (χ4n) is 2.19. The molecule has 0 bridgehead atoms. The zero-order valence-electron chi connectivity index (χ0n) is 8.76. The topological polar surface area (TPSA) is 34.1 Å². The second-order valence-electron chi connectivity index (χ2n) is 4.37. The van der Waals surface area contributed by atoms with Crippen LogP contribution < -0.4 is 0 Å². The molecule has 0 radical (unpaired) electrons. The summed E-state index contributed by atoms with van der Waals surface area (Å²) < 4.78 is 23.2. The fourth-order valence-corrected chi connectivity index (χ4v) is 4.74. The molecule has 1 saturated carbocycles. The first-order chi connectivity index (χ1) is 6.54. The quantitative estimate of drug-likeness (QED) is 0.743. The highest BCUT2D eigenvalue weighted by Crippen LogP contribution is 2.39. The number of hydrogen-bond acceptors (Lipinski definition) is 2. The Kier molecular flexibility index (Phi) is 4.44. The summed E-state index contributed by atoms with van der Waals surface area (Å²) in [6.45, 7) is 1.74. The van der Waals surface area contributed by atoms with Gasteiger partial charge in [0.25, 0.3) is 0 Å². The molecule has 1 aliphatic carbocycles. The summed E-state index contributed by atoms with van der Waals surface area (Å²) in [6.07, 6.45) is 5.77. The van der Waals surface area contributed by atoms with Gasteiger partial charge in [0, 0.05) is 11.1 Å². The third-order valence-electron chi connectivity index (χ3n) is 3.16. The Hall–Kier alpha value is 0.430. The van der Waals surface area contributed by atoms with Crippen LogP contribution in [0.25, 0.3) is 0 Å². The van der Waals surface area contributed by atoms with Crippen LogP contribution in [-0.2, 0) is 9.84 Å². The van der Waals surface area contributed by atoms with Gasteiger partial charge in [0.1, 0.15) is 0 Å². The van der Waals surface area contributed by atoms with Crippen molar-refractivity contribution < 1.29 is 8.42 Å². The second kappa shape index (κ2) is 4.97. The Morgan fingerprint density at radius 2 is 1.79 bits per heavy atom. The maximum Gasteiger partial charge on any atom is 0.150 e. The smallest absolute Gasteiger partial charge is 0.150 e. The molecule has 0 heterocycles. The van der Waals surface area contributed by atoms with Crippen molar-refractivity contribution >= 4 is 25.8 Å². The zero-order chi connectivity index (χ0) is 10.7. The molecule has 0 saturated heterocycles. The first kappa shape index (κ1) is 12.5. The lowest BCUT2D eigenvalue weighted by Crippen LogP contribution is -2.34. The van der Waals surface area contributed by atoms with E-state index in [-0.39, 0.29) is 11.2 Å². The Morgan fingerprint density at radius 1 is 1.21 bits per heavy atom. The van der Waals surface area contributed by atoms with E-state index in [9.17, 15) is 8.42 Å². The van der Waals surface area contributed by atoms with Gasteiger partial charge in [-0.1, -0.05) is 42.1 Å². The molecule has 0 N–H and O–H groups in total. The van der Waals surface area contributed by atoms with E-state index < -0.39 is 9.84 Å². The maximum absolute atomic E-state index is 11.6. The van der Waals surface area contributed by atoms with Gasteiger partial charge >= 0.3 is 0 Å². The van der Waals surface area contributed by atoms with E-state index in [0.29, 0.717) is 5.75 Å². The molecule has 1 rings (SSSR count). The van der Waals surface area contributed by atoms with Gasteiger partial charge in [-0.25, -0.2) is 8.42 Å². The first-order valence-electron chi connectivity index (χ1n) is 5.30. The van der Waals surface area contributed by atoms with Crippen LogP contribution in [0.5, 0.6) is 0 Å². The van der Waals surface area contributed by atoms with Crippen LogP contribution in [0.1, 0.15) is 39.0 Å². The van der Waals surface area contributed by atoms with Crippen LogP contribution in [0.4, 0.5) is 0 Å². The number of alkyl halides is 1. The predicted octanol–water partition coefficient (Wildman–Crippen LogP) is 2.77. The molecule has 84 valence electrons. The molecular formula is C10H19BrO2S. The molecule has 2 nitrogen and oxygen atoms in total. The molecule has 1 fully saturated rings. The molecule has 0 aliphatic heterocycles. The van der Waals surface area contributed by atoms with Crippen LogP contribution in [-0.4, -0.2) is 25.3 Å². The largest absolute Gasteiger partial charge is 0.229 e. The van der Waals surface area contributed by atoms with Crippen molar-refractivity contribution in [2.75, 3.05) is 16.8 Å². The summed E-state index contributed by atoms with van der Waals surface area (Å²) in [5.74, 6) is 0.656. The van der Waals surface area contributed by atoms with Gasteiger partial charge in [0.2, 0.25) is 0 Å². The molecule has 0 aromatic heterocycles. The molecule has 0 amide bonds. The summed E-state index contributed by atoms with van der Waals surface area (Å²) in [6, 6.07) is 0. The van der Waals surface area contributed by atoms with E-state index in [2.05, 4.69) is 15.9 Å². The van der Waals surface area contributed by atoms with Crippen molar-refractivity contribution in [3.8, 4) is 0 Å². The van der Waals surface area contributed by atoms with Gasteiger partial charge in [-0.15, -0.1) is 0 Å². The highest BCUT2D eigenvalue weighted by molar-refractivity contribution is 9.09. The number of halogens is 1. The average Bonchev–Trinajstić information content (AvgIpc) is 2.19. The first-order valence-corrected chi connectivity index (χ1v) is 8.24. The predicted molar refractivity (Wildman–Crippen MR) is 63.6 cm³/mol. The SMILES string of the molecule is CCS(=O)(=O)CC1(CBr)CCCCC1. The van der Waals surface area contributed by atoms with Gasteiger partial charge in [0.15, 0.2) is 9.84 Å². The van der Waals surface area contributed by atoms with Crippen LogP contribution in [0.3, 0.4) is 0 Å². The van der Waals surface area contributed by atoms with Crippen LogP contribution in [0.2, 0.25) is 0 Å². The Labute approximate surface area is 95.5 Å². The summed E-state index contributed by atoms with van der Waals surface area (Å²) in [4.78, 5) is 0. The lowest BCUT2D eigenvalue weighted by Gasteiger charge is -2.35. The van der Waals surface area contributed by atoms with Gasteiger partial charge in [-0.3, -0.25) is 0 Å². The van der Waals surface area contributed by atoms with Crippen molar-refractivity contribution in [2.24, 2.45) is 5.41 Å². The fraction of sp³-hybridized carbons (Fsp3) is 1.00. The number of hydrogen-bond donors (Lipinski definition) is 0. The van der Waals surface area contributed by atoms with Crippen molar-refractivity contribution in [1.29, 1.82) is 0 Å². The molecule has 0 aromatic rings. The molecular weight excluding hydrogens is 264 g/mol. The molecule has 1 aliphatic rings. The molecule has 14 heavy (non-hydrogen) atoms. The lowest BCUT2D eigenvalue weighted by atomic mass is 9.77. The molecule has 4 heteroatoms. The van der Waals surface area contributed by atoms with Gasteiger partial charge in [0.05, 0.1) is 5.75 Å². The van der Waals surface area contributed by atoms with Crippen LogP contribution in [0.15, 0.2) is 0 Å². The maximum atomic E-state index is 11.6. The van der Waals surface area contributed by atoms with E-state index >= 15 is 0 Å². The van der Waals surface area contributed by atoms with Crippen molar-refractivity contribution in [3.63, 3.8) is 0 Å². The van der Waals surface area contributed by atoms with Gasteiger partial charge in [-0.2, -0.15) is 0 Å². The van der Waals surface area contributed by atoms with Gasteiger partial charge in [-0.05, 0) is 18.3 Å². The summed E-state index contributed by atoms with van der Waals surface area (Å²) in [5.41, 5.74) is 0.0348. The monoisotopic (exact) mass is 282 g/mol. The Bertz CT molecular complexity index is 266. The third kappa shape index (κ3) is 3.23. The normalized spacial score (nSPS) is 22.1. The van der Waals surface area contributed by atoms with Crippen molar-refractivity contribution in [2.45, 2.75) is 39.0 Å². The van der Waals surface area contributed by atoms with Crippen molar-refractivity contribution in [3.05, 3.63) is 0 Å². The zero-order valence-corrected chi connectivity index (χ0v) is 11.2. The highest BCUT2D eigenvalue weighted by Gasteiger charge is 2.34. The minimum absolute atomic E-state index is 0.0348. The second-order valence-corrected chi connectivity index (χ2v) is 7.28. The Balaban J connectivity index is 2.70. The number of rotatable bonds is 4. The molecule has 0 unspecified atom stereocenters. The third-order valence-corrected chi connectivity index (χ3v) is 6.28. The summed E-state index contributed by atoms with van der Waals surface area (Å²) in [7, 11) is -2.82. The summed E-state index contributed by atoms with van der Waals surface area (Å²) in [5, 5.41) is 0.833. The van der Waals surface area contributed by atoms with Gasteiger partial charge < -0.3 is 0 Å². The van der Waals surface area contributed by atoms with E-state index in [0.717, 1.165) is 18.2 Å². The minimum atomic E-state index is -2.82. The lowest BCUT2D eigenvalue weighted by molar-refractivity contribution is 0.256. The average molecular weight is 283 g/mol. The van der Waals surface area contributed by atoms with E-state index in [1.54, 1.807) is 6.92 Å². The molecule has 0 spiro atoms. The van der Waals surface area contributed by atoms with E-state index in [1.165, 1.54) is 19.3 Å². The standard InChI is InChI=1S/C10H19BrO2S/c1-2-14(12,13)9-10(8-11)6-4-3-5-7-10/h2-9H2,1H3. The molecule has 0 aromatic carbocycles. The van der Waals surface area contributed by atoms with Crippen LogP contribution >= 0.6 is 15.9 Å². The summed E-state index contributed by atoms with van der Waals surface area (Å²) >= 11 is 3.49. The Morgan fingerprint density at radius 3 is 2.21 bits per heavy atom. The van der Waals surface area contributed by atoms with Crippen molar-refractivity contribution in [1.82, 2.24) is 0 Å². The highest BCUT2D eigenvalue weighted by atomic mass is 79.9. The molecule has 0 atom stereocenters. The van der Waals surface area contributed by atoms with E-state index in [1.807, 2.05) is 0 Å². The van der Waals surface area contributed by atoms with E-state index in [4.69, 9.17) is 0 Å².